The van der Waals surface area contributed by atoms with Crippen LogP contribution in [0, 0.1) is 18.3 Å². The molecule has 0 bridgehead atoms. The third-order valence-electron chi connectivity index (χ3n) is 4.20. The van der Waals surface area contributed by atoms with Gasteiger partial charge in [-0.15, -0.1) is 0 Å². The van der Waals surface area contributed by atoms with Gasteiger partial charge in [-0.3, -0.25) is 0 Å². The Bertz CT molecular complexity index is 1070. The molecule has 0 amide bonds. The van der Waals surface area contributed by atoms with E-state index < -0.39 is 17.6 Å². The maximum Gasteiger partial charge on any atom is 0.436 e. The maximum absolute atomic E-state index is 13.1. The van der Waals surface area contributed by atoms with Crippen LogP contribution in [0.5, 0.6) is 5.75 Å². The Morgan fingerprint density at radius 1 is 1.14 bits per heavy atom. The zero-order valence-corrected chi connectivity index (χ0v) is 16.6. The molecule has 150 valence electrons. The molecule has 3 rings (SSSR count). The number of aryl methyl sites for hydroxylation is 1. The molecular formula is C20H14Cl2F3N3O. The summed E-state index contributed by atoms with van der Waals surface area (Å²) in [7, 11) is 0. The van der Waals surface area contributed by atoms with Crippen molar-refractivity contribution in [2.75, 3.05) is 0 Å². The zero-order chi connectivity index (χ0) is 21.2. The second-order valence-corrected chi connectivity index (χ2v) is 7.01. The highest BCUT2D eigenvalue weighted by molar-refractivity contribution is 6.36. The number of rotatable bonds is 5. The van der Waals surface area contributed by atoms with Gasteiger partial charge in [-0.25, -0.2) is 4.98 Å². The van der Waals surface area contributed by atoms with Crippen molar-refractivity contribution in [3.63, 3.8) is 0 Å². The van der Waals surface area contributed by atoms with Gasteiger partial charge < -0.3 is 9.30 Å². The smallest absolute Gasteiger partial charge is 0.436 e. The third-order valence-corrected chi connectivity index (χ3v) is 4.85. The van der Waals surface area contributed by atoms with Crippen molar-refractivity contribution in [3.8, 4) is 11.8 Å². The number of hydrogen-bond donors (Lipinski definition) is 0. The Morgan fingerprint density at radius 3 is 2.45 bits per heavy atom. The van der Waals surface area contributed by atoms with Crippen LogP contribution < -0.4 is 4.74 Å². The normalized spacial score (nSPS) is 11.3. The van der Waals surface area contributed by atoms with Crippen LogP contribution in [0.25, 0.3) is 0 Å². The molecule has 4 nitrogen and oxygen atoms in total. The number of alkyl halides is 3. The topological polar surface area (TPSA) is 50.8 Å². The molecule has 3 aromatic rings. The lowest BCUT2D eigenvalue weighted by Gasteiger charge is -2.14. The summed E-state index contributed by atoms with van der Waals surface area (Å²) in [5, 5.41) is 9.76. The van der Waals surface area contributed by atoms with Gasteiger partial charge in [-0.05, 0) is 30.2 Å². The summed E-state index contributed by atoms with van der Waals surface area (Å²) in [4.78, 5) is 3.51. The highest BCUT2D eigenvalue weighted by atomic mass is 35.5. The number of ether oxygens (including phenoxy) is 1. The van der Waals surface area contributed by atoms with Gasteiger partial charge in [0.05, 0.1) is 11.6 Å². The predicted octanol–water partition coefficient (Wildman–Crippen LogP) is 6.02. The molecule has 0 radical (unpaired) electrons. The lowest BCUT2D eigenvalue weighted by molar-refractivity contribution is -0.141. The van der Waals surface area contributed by atoms with Gasteiger partial charge in [0.15, 0.2) is 11.4 Å². The maximum atomic E-state index is 13.1. The number of benzene rings is 2. The predicted molar refractivity (Wildman–Crippen MR) is 103 cm³/mol. The van der Waals surface area contributed by atoms with E-state index in [1.807, 2.05) is 30.3 Å². The Kier molecular flexibility index (Phi) is 6.06. The van der Waals surface area contributed by atoms with Crippen LogP contribution in [0.3, 0.4) is 0 Å². The molecule has 0 saturated carbocycles. The molecule has 0 unspecified atom stereocenters. The molecule has 0 N–H and O–H groups in total. The van der Waals surface area contributed by atoms with Crippen LogP contribution in [0.1, 0.15) is 28.3 Å². The van der Waals surface area contributed by atoms with Gasteiger partial charge in [-0.2, -0.15) is 18.4 Å². The van der Waals surface area contributed by atoms with Crippen molar-refractivity contribution in [2.24, 2.45) is 0 Å². The van der Waals surface area contributed by atoms with Crippen LogP contribution in [-0.2, 0) is 19.3 Å². The zero-order valence-electron chi connectivity index (χ0n) is 15.1. The van der Waals surface area contributed by atoms with Crippen LogP contribution >= 0.6 is 23.2 Å². The fourth-order valence-electron chi connectivity index (χ4n) is 2.78. The number of hydrogen-bond acceptors (Lipinski definition) is 3. The number of aromatic nitrogens is 2. The number of nitrogens with zero attached hydrogens (tertiary/aromatic N) is 3. The summed E-state index contributed by atoms with van der Waals surface area (Å²) in [5.74, 6) is 0.383. The molecule has 0 fully saturated rings. The van der Waals surface area contributed by atoms with Gasteiger partial charge >= 0.3 is 6.18 Å². The minimum Gasteiger partial charge on any atom is -0.487 e. The van der Waals surface area contributed by atoms with Crippen molar-refractivity contribution in [1.82, 2.24) is 9.55 Å². The first kappa shape index (κ1) is 21.0. The van der Waals surface area contributed by atoms with E-state index in [0.717, 1.165) is 5.56 Å². The van der Waals surface area contributed by atoms with E-state index in [-0.39, 0.29) is 29.0 Å². The molecular weight excluding hydrogens is 426 g/mol. The number of nitriles is 1. The third kappa shape index (κ3) is 4.66. The summed E-state index contributed by atoms with van der Waals surface area (Å²) in [6.07, 6.45) is -4.73. The van der Waals surface area contributed by atoms with Crippen molar-refractivity contribution < 1.29 is 17.9 Å². The number of halogens is 5. The highest BCUT2D eigenvalue weighted by Crippen LogP contribution is 2.35. The standard InChI is InChI=1S/C20H14Cl2F3N3O/c1-12-27-19(20(23,24)25)17(9-26)28(12)10-14-7-18(16(22)8-15(14)21)29-11-13-5-3-2-4-6-13/h2-8H,10-11H2,1H3. The molecule has 0 spiro atoms. The molecule has 0 saturated heterocycles. The molecule has 0 aliphatic carbocycles. The summed E-state index contributed by atoms with van der Waals surface area (Å²) < 4.78 is 46.3. The van der Waals surface area contributed by atoms with Gasteiger partial charge in [0.25, 0.3) is 0 Å². The van der Waals surface area contributed by atoms with E-state index >= 15 is 0 Å². The van der Waals surface area contributed by atoms with Crippen LogP contribution in [0.4, 0.5) is 13.2 Å². The van der Waals surface area contributed by atoms with E-state index in [0.29, 0.717) is 11.3 Å². The molecule has 29 heavy (non-hydrogen) atoms. The first-order valence-corrected chi connectivity index (χ1v) is 9.15. The van der Waals surface area contributed by atoms with Gasteiger partial charge in [-0.1, -0.05) is 53.5 Å². The molecule has 0 atom stereocenters. The van der Waals surface area contributed by atoms with Crippen LogP contribution in [0.15, 0.2) is 42.5 Å². The molecule has 1 heterocycles. The fourth-order valence-corrected chi connectivity index (χ4v) is 3.28. The Morgan fingerprint density at radius 2 is 1.83 bits per heavy atom. The summed E-state index contributed by atoms with van der Waals surface area (Å²) >= 11 is 12.4. The Labute approximate surface area is 175 Å². The Hall–Kier alpha value is -2.69. The lowest BCUT2D eigenvalue weighted by atomic mass is 10.2. The molecule has 9 heteroatoms. The SMILES string of the molecule is Cc1nc(C(F)(F)F)c(C#N)n1Cc1cc(OCc2ccccc2)c(Cl)cc1Cl. The van der Waals surface area contributed by atoms with E-state index in [1.54, 1.807) is 12.1 Å². The van der Waals surface area contributed by atoms with Crippen molar-refractivity contribution in [2.45, 2.75) is 26.3 Å². The van der Waals surface area contributed by atoms with Crippen LogP contribution in [-0.4, -0.2) is 9.55 Å². The second kappa shape index (κ2) is 8.36. The first-order valence-electron chi connectivity index (χ1n) is 8.39. The van der Waals surface area contributed by atoms with Crippen molar-refractivity contribution >= 4 is 23.2 Å². The molecule has 0 aliphatic heterocycles. The largest absolute Gasteiger partial charge is 0.487 e. The highest BCUT2D eigenvalue weighted by Gasteiger charge is 2.38. The average Bonchev–Trinajstić information content (AvgIpc) is 2.99. The minimum atomic E-state index is -4.73. The monoisotopic (exact) mass is 439 g/mol. The van der Waals surface area contributed by atoms with Crippen LogP contribution in [0.2, 0.25) is 10.0 Å². The van der Waals surface area contributed by atoms with Gasteiger partial charge in [0, 0.05) is 5.02 Å². The van der Waals surface area contributed by atoms with Crippen molar-refractivity contribution in [1.29, 1.82) is 5.26 Å². The Balaban J connectivity index is 1.92. The molecule has 2 aromatic carbocycles. The second-order valence-electron chi connectivity index (χ2n) is 6.20. The average molecular weight is 440 g/mol. The molecule has 1 aromatic heterocycles. The van der Waals surface area contributed by atoms with E-state index in [9.17, 15) is 18.4 Å². The van der Waals surface area contributed by atoms with E-state index in [4.69, 9.17) is 27.9 Å². The fraction of sp³-hybridized carbons (Fsp3) is 0.200. The van der Waals surface area contributed by atoms with Crippen molar-refractivity contribution in [3.05, 3.63) is 80.8 Å². The first-order chi connectivity index (χ1) is 13.7. The number of imidazole rings is 1. The van der Waals surface area contributed by atoms with E-state index in [2.05, 4.69) is 4.98 Å². The molecule has 0 aliphatic rings. The summed E-state index contributed by atoms with van der Waals surface area (Å²) in [6.45, 7) is 1.57. The van der Waals surface area contributed by atoms with Gasteiger partial charge in [0.1, 0.15) is 24.3 Å². The van der Waals surface area contributed by atoms with E-state index in [1.165, 1.54) is 17.6 Å². The van der Waals surface area contributed by atoms with Gasteiger partial charge in [0.2, 0.25) is 0 Å². The quantitative estimate of drug-likeness (QED) is 0.488. The summed E-state index contributed by atoms with van der Waals surface area (Å²) in [5.41, 5.74) is -0.423. The lowest BCUT2D eigenvalue weighted by Crippen LogP contribution is -2.10. The minimum absolute atomic E-state index is 0.0478. The summed E-state index contributed by atoms with van der Waals surface area (Å²) in [6, 6.07) is 14.0.